The topological polar surface area (TPSA) is 76.2 Å². The van der Waals surface area contributed by atoms with Crippen molar-refractivity contribution in [2.75, 3.05) is 32.8 Å². The number of benzene rings is 1. The molecule has 0 bridgehead atoms. The first-order valence-electron chi connectivity index (χ1n) is 8.15. The molecule has 2 amide bonds. The minimum Gasteiger partial charge on any atom is -0.379 e. The zero-order valence-electron chi connectivity index (χ0n) is 13.4. The van der Waals surface area contributed by atoms with Crippen LogP contribution >= 0.6 is 0 Å². The van der Waals surface area contributed by atoms with E-state index in [1.165, 1.54) is 0 Å². The lowest BCUT2D eigenvalue weighted by Crippen LogP contribution is -2.36. The van der Waals surface area contributed by atoms with Gasteiger partial charge < -0.3 is 9.57 Å². The van der Waals surface area contributed by atoms with Crippen LogP contribution in [0.25, 0.3) is 0 Å². The van der Waals surface area contributed by atoms with Crippen molar-refractivity contribution in [3.05, 3.63) is 35.4 Å². The van der Waals surface area contributed by atoms with Crippen LogP contribution in [-0.4, -0.2) is 60.6 Å². The Morgan fingerprint density at radius 3 is 2.29 bits per heavy atom. The van der Waals surface area contributed by atoms with Crippen LogP contribution in [0.1, 0.15) is 40.0 Å². The molecule has 0 unspecified atom stereocenters. The summed E-state index contributed by atoms with van der Waals surface area (Å²) >= 11 is 0. The van der Waals surface area contributed by atoms with Gasteiger partial charge in [0.15, 0.2) is 0 Å². The first-order chi connectivity index (χ1) is 11.7. The third-order valence-corrected chi connectivity index (χ3v) is 4.16. The molecule has 128 valence electrons. The molecule has 1 aromatic rings. The molecule has 1 fully saturated rings. The van der Waals surface area contributed by atoms with Gasteiger partial charge in [-0.3, -0.25) is 14.5 Å². The summed E-state index contributed by atoms with van der Waals surface area (Å²) in [7, 11) is 0. The molecular formula is C17H20N2O5. The van der Waals surface area contributed by atoms with Gasteiger partial charge in [0.05, 0.1) is 24.3 Å². The quantitative estimate of drug-likeness (QED) is 0.576. The SMILES string of the molecule is O=C(CCCCN1CCOCC1)ON1C(=O)c2ccccc2C1=O. The van der Waals surface area contributed by atoms with Gasteiger partial charge in [-0.15, -0.1) is 0 Å². The monoisotopic (exact) mass is 332 g/mol. The van der Waals surface area contributed by atoms with Gasteiger partial charge in [0.2, 0.25) is 0 Å². The average molecular weight is 332 g/mol. The van der Waals surface area contributed by atoms with Crippen molar-refractivity contribution in [1.29, 1.82) is 0 Å². The second-order valence-electron chi connectivity index (χ2n) is 5.82. The van der Waals surface area contributed by atoms with Crippen LogP contribution in [0.5, 0.6) is 0 Å². The third-order valence-electron chi connectivity index (χ3n) is 4.16. The Labute approximate surface area is 140 Å². The standard InChI is InChI=1S/C17H20N2O5/c20-15(7-3-4-8-18-9-11-23-12-10-18)24-19-16(21)13-5-1-2-6-14(13)17(19)22/h1-2,5-6H,3-4,7-12H2. The van der Waals surface area contributed by atoms with Gasteiger partial charge in [0, 0.05) is 19.5 Å². The Morgan fingerprint density at radius 1 is 1.04 bits per heavy atom. The number of imide groups is 1. The lowest BCUT2D eigenvalue weighted by molar-refractivity contribution is -0.168. The maximum atomic E-state index is 12.1. The summed E-state index contributed by atoms with van der Waals surface area (Å²) in [5.74, 6) is -1.74. The van der Waals surface area contributed by atoms with Gasteiger partial charge >= 0.3 is 5.97 Å². The molecule has 24 heavy (non-hydrogen) atoms. The number of hydroxylamine groups is 2. The van der Waals surface area contributed by atoms with Crippen molar-refractivity contribution < 1.29 is 24.0 Å². The average Bonchev–Trinajstić information content (AvgIpc) is 2.85. The van der Waals surface area contributed by atoms with E-state index in [9.17, 15) is 14.4 Å². The predicted octanol–water partition coefficient (Wildman–Crippen LogP) is 1.24. The summed E-state index contributed by atoms with van der Waals surface area (Å²) in [6.45, 7) is 4.24. The van der Waals surface area contributed by atoms with Gasteiger partial charge in [-0.2, -0.15) is 0 Å². The summed E-state index contributed by atoms with van der Waals surface area (Å²) in [5.41, 5.74) is 0.533. The Hall–Kier alpha value is -2.25. The van der Waals surface area contributed by atoms with Crippen molar-refractivity contribution in [3.63, 3.8) is 0 Å². The molecule has 1 saturated heterocycles. The fourth-order valence-corrected chi connectivity index (χ4v) is 2.83. The summed E-state index contributed by atoms with van der Waals surface area (Å²) in [5, 5.41) is 0.564. The smallest absolute Gasteiger partial charge is 0.333 e. The first kappa shape index (κ1) is 16.6. The van der Waals surface area contributed by atoms with E-state index in [2.05, 4.69) is 4.90 Å². The number of nitrogens with zero attached hydrogens (tertiary/aromatic N) is 2. The fourth-order valence-electron chi connectivity index (χ4n) is 2.83. The van der Waals surface area contributed by atoms with Crippen molar-refractivity contribution in [2.45, 2.75) is 19.3 Å². The second kappa shape index (κ2) is 7.55. The second-order valence-corrected chi connectivity index (χ2v) is 5.82. The van der Waals surface area contributed by atoms with E-state index in [1.54, 1.807) is 24.3 Å². The summed E-state index contributed by atoms with van der Waals surface area (Å²) in [6.07, 6.45) is 1.69. The molecule has 0 atom stereocenters. The number of unbranched alkanes of at least 4 members (excludes halogenated alkanes) is 1. The van der Waals surface area contributed by atoms with E-state index in [-0.39, 0.29) is 17.5 Å². The molecule has 0 aromatic heterocycles. The maximum absolute atomic E-state index is 12.1. The highest BCUT2D eigenvalue weighted by molar-refractivity contribution is 6.20. The van der Waals surface area contributed by atoms with Crippen LogP contribution in [-0.2, 0) is 14.4 Å². The maximum Gasteiger partial charge on any atom is 0.333 e. The zero-order valence-corrected chi connectivity index (χ0v) is 13.4. The molecule has 1 aromatic carbocycles. The molecule has 0 radical (unpaired) electrons. The van der Waals surface area contributed by atoms with E-state index in [0.717, 1.165) is 39.3 Å². The highest BCUT2D eigenvalue weighted by atomic mass is 16.7. The molecule has 2 aliphatic rings. The van der Waals surface area contributed by atoms with Crippen LogP contribution in [0.3, 0.4) is 0 Å². The van der Waals surface area contributed by atoms with Gasteiger partial charge in [0.1, 0.15) is 0 Å². The Balaban J connectivity index is 1.42. The molecule has 7 nitrogen and oxygen atoms in total. The number of morpholine rings is 1. The van der Waals surface area contributed by atoms with E-state index in [0.29, 0.717) is 11.5 Å². The van der Waals surface area contributed by atoms with E-state index < -0.39 is 17.8 Å². The Morgan fingerprint density at radius 2 is 1.67 bits per heavy atom. The lowest BCUT2D eigenvalue weighted by atomic mass is 10.1. The van der Waals surface area contributed by atoms with E-state index in [4.69, 9.17) is 9.57 Å². The van der Waals surface area contributed by atoms with Gasteiger partial charge in [-0.1, -0.05) is 17.2 Å². The molecule has 0 spiro atoms. The van der Waals surface area contributed by atoms with Crippen molar-refractivity contribution in [3.8, 4) is 0 Å². The summed E-state index contributed by atoms with van der Waals surface area (Å²) in [6, 6.07) is 6.43. The number of hydrogen-bond acceptors (Lipinski definition) is 6. The molecule has 7 heteroatoms. The number of carbonyl (C=O) groups is 3. The molecule has 2 heterocycles. The van der Waals surface area contributed by atoms with Crippen molar-refractivity contribution >= 4 is 17.8 Å². The Bertz CT molecular complexity index is 605. The number of amides is 2. The number of ether oxygens (including phenoxy) is 1. The van der Waals surface area contributed by atoms with Crippen molar-refractivity contribution in [2.24, 2.45) is 0 Å². The van der Waals surface area contributed by atoms with Crippen LogP contribution in [0.2, 0.25) is 0 Å². The van der Waals surface area contributed by atoms with Gasteiger partial charge in [-0.05, 0) is 31.5 Å². The highest BCUT2D eigenvalue weighted by Crippen LogP contribution is 2.22. The number of carbonyl (C=O) groups excluding carboxylic acids is 3. The minimum absolute atomic E-state index is 0.178. The van der Waals surface area contributed by atoms with Gasteiger partial charge in [-0.25, -0.2) is 4.79 Å². The zero-order chi connectivity index (χ0) is 16.9. The van der Waals surface area contributed by atoms with Crippen LogP contribution in [0.15, 0.2) is 24.3 Å². The summed E-state index contributed by atoms with van der Waals surface area (Å²) < 4.78 is 5.28. The number of hydrogen-bond donors (Lipinski definition) is 0. The predicted molar refractivity (Wildman–Crippen MR) is 84.1 cm³/mol. The van der Waals surface area contributed by atoms with Crippen LogP contribution in [0, 0.1) is 0 Å². The molecule has 0 aliphatic carbocycles. The van der Waals surface area contributed by atoms with E-state index in [1.807, 2.05) is 0 Å². The molecule has 0 N–H and O–H groups in total. The largest absolute Gasteiger partial charge is 0.379 e. The Kier molecular flexibility index (Phi) is 5.22. The molecular weight excluding hydrogens is 312 g/mol. The molecule has 2 aliphatic heterocycles. The summed E-state index contributed by atoms with van der Waals surface area (Å²) in [4.78, 5) is 43.3. The van der Waals surface area contributed by atoms with Crippen molar-refractivity contribution in [1.82, 2.24) is 9.96 Å². The van der Waals surface area contributed by atoms with Crippen LogP contribution < -0.4 is 0 Å². The number of fused-ring (bicyclic) bond motifs is 1. The van der Waals surface area contributed by atoms with E-state index >= 15 is 0 Å². The number of rotatable bonds is 6. The normalized spacial score (nSPS) is 17.9. The van der Waals surface area contributed by atoms with Crippen LogP contribution in [0.4, 0.5) is 0 Å². The van der Waals surface area contributed by atoms with Gasteiger partial charge in [0.25, 0.3) is 11.8 Å². The molecule has 0 saturated carbocycles. The highest BCUT2D eigenvalue weighted by Gasteiger charge is 2.38. The lowest BCUT2D eigenvalue weighted by Gasteiger charge is -2.26. The minimum atomic E-state index is -0.586. The molecule has 3 rings (SSSR count). The fraction of sp³-hybridized carbons (Fsp3) is 0.471. The third kappa shape index (κ3) is 3.63. The first-order valence-corrected chi connectivity index (χ1v) is 8.15.